The van der Waals surface area contributed by atoms with Crippen molar-refractivity contribution in [1.82, 2.24) is 19.6 Å². The summed E-state index contributed by atoms with van der Waals surface area (Å²) in [6.07, 6.45) is 2.02. The summed E-state index contributed by atoms with van der Waals surface area (Å²) >= 11 is 0. The van der Waals surface area contributed by atoms with Gasteiger partial charge >= 0.3 is 6.09 Å². The Balaban J connectivity index is 1.59. The van der Waals surface area contributed by atoms with E-state index in [-0.39, 0.29) is 30.2 Å². The predicted molar refractivity (Wildman–Crippen MR) is 129 cm³/mol. The highest BCUT2D eigenvalue weighted by Gasteiger charge is 2.54. The Kier molecular flexibility index (Phi) is 6.40. The largest absolute Gasteiger partial charge is 0.485 e. The number of rotatable bonds is 7. The standard InChI is InChI=1S/C26H30F2N4O4/c1-15-11-20(36-13-17-18(27)7-6-8-19(17)28)22-30-16(2)21(31(22)12-15)23(33)29-14-26(9-10-26)32(24(34)35)25(3,4)5/h6-8,11-12H,9-10,13-14H2,1-5H3,(H,29,33)(H,34,35). The van der Waals surface area contributed by atoms with Gasteiger partial charge in [-0.25, -0.2) is 18.6 Å². The van der Waals surface area contributed by atoms with Gasteiger partial charge in [-0.15, -0.1) is 0 Å². The van der Waals surface area contributed by atoms with Crippen molar-refractivity contribution in [2.24, 2.45) is 0 Å². The van der Waals surface area contributed by atoms with Gasteiger partial charge in [0.05, 0.1) is 16.8 Å². The van der Waals surface area contributed by atoms with Crippen molar-refractivity contribution < 1.29 is 28.2 Å². The predicted octanol–water partition coefficient (Wildman–Crippen LogP) is 4.85. The normalized spacial score (nSPS) is 14.5. The number of hydrogen-bond donors (Lipinski definition) is 2. The van der Waals surface area contributed by atoms with Gasteiger partial charge < -0.3 is 15.2 Å². The van der Waals surface area contributed by atoms with Gasteiger partial charge in [-0.3, -0.25) is 14.1 Å². The zero-order chi connectivity index (χ0) is 26.4. The quantitative estimate of drug-likeness (QED) is 0.484. The van der Waals surface area contributed by atoms with Crippen molar-refractivity contribution in [3.8, 4) is 5.75 Å². The average Bonchev–Trinajstić information content (AvgIpc) is 3.44. The van der Waals surface area contributed by atoms with Crippen molar-refractivity contribution >= 4 is 17.6 Å². The minimum absolute atomic E-state index is 0.170. The van der Waals surface area contributed by atoms with E-state index in [4.69, 9.17) is 4.74 Å². The number of nitrogens with one attached hydrogen (secondary N) is 1. The van der Waals surface area contributed by atoms with E-state index in [2.05, 4.69) is 10.3 Å². The lowest BCUT2D eigenvalue weighted by molar-refractivity contribution is 0.0579. The average molecular weight is 501 g/mol. The van der Waals surface area contributed by atoms with Crippen LogP contribution >= 0.6 is 0 Å². The van der Waals surface area contributed by atoms with Crippen LogP contribution in [0.15, 0.2) is 30.5 Å². The van der Waals surface area contributed by atoms with Crippen LogP contribution in [0, 0.1) is 25.5 Å². The number of amides is 2. The van der Waals surface area contributed by atoms with E-state index in [1.165, 1.54) is 11.0 Å². The number of carbonyl (C=O) groups is 2. The molecule has 192 valence electrons. The van der Waals surface area contributed by atoms with Gasteiger partial charge in [0.2, 0.25) is 0 Å². The van der Waals surface area contributed by atoms with Gasteiger partial charge in [-0.05, 0) is 71.2 Å². The van der Waals surface area contributed by atoms with Crippen LogP contribution in [0.25, 0.3) is 5.65 Å². The summed E-state index contributed by atoms with van der Waals surface area (Å²) in [5, 5.41) is 12.7. The molecule has 0 spiro atoms. The number of carboxylic acid groups (broad SMARTS) is 1. The van der Waals surface area contributed by atoms with E-state index >= 15 is 0 Å². The van der Waals surface area contributed by atoms with Crippen LogP contribution in [-0.4, -0.2) is 49.0 Å². The summed E-state index contributed by atoms with van der Waals surface area (Å²) in [6, 6.07) is 5.29. The fraction of sp³-hybridized carbons (Fsp3) is 0.423. The summed E-state index contributed by atoms with van der Waals surface area (Å²) in [4.78, 5) is 31.1. The molecule has 2 amide bonds. The first-order chi connectivity index (χ1) is 16.8. The smallest absolute Gasteiger partial charge is 0.408 e. The molecule has 0 unspecified atom stereocenters. The maximum absolute atomic E-state index is 14.1. The Bertz CT molecular complexity index is 1320. The molecule has 8 nitrogen and oxygen atoms in total. The highest BCUT2D eigenvalue weighted by molar-refractivity contribution is 5.95. The number of nitrogens with zero attached hydrogens (tertiary/aromatic N) is 3. The zero-order valence-electron chi connectivity index (χ0n) is 21.0. The number of pyridine rings is 1. The number of halogens is 2. The second-order valence-electron chi connectivity index (χ2n) is 10.3. The number of carbonyl (C=O) groups excluding carboxylic acids is 1. The Labute approximate surface area is 207 Å². The first-order valence-electron chi connectivity index (χ1n) is 11.7. The van der Waals surface area contributed by atoms with E-state index < -0.39 is 34.7 Å². The minimum atomic E-state index is -1.02. The third-order valence-corrected chi connectivity index (χ3v) is 6.39. The molecule has 2 heterocycles. The lowest BCUT2D eigenvalue weighted by Gasteiger charge is -2.40. The summed E-state index contributed by atoms with van der Waals surface area (Å²) in [6.45, 7) is 8.80. The molecule has 0 radical (unpaired) electrons. The maximum atomic E-state index is 14.1. The lowest BCUT2D eigenvalue weighted by atomic mass is 10.0. The molecule has 0 aliphatic heterocycles. The lowest BCUT2D eigenvalue weighted by Crippen LogP contribution is -2.56. The van der Waals surface area contributed by atoms with E-state index in [9.17, 15) is 23.5 Å². The van der Waals surface area contributed by atoms with Crippen molar-refractivity contribution in [2.45, 2.75) is 65.1 Å². The summed E-state index contributed by atoms with van der Waals surface area (Å²) in [5.74, 6) is -1.54. The molecule has 1 saturated carbocycles. The molecule has 0 saturated heterocycles. The number of fused-ring (bicyclic) bond motifs is 1. The second kappa shape index (κ2) is 9.07. The maximum Gasteiger partial charge on any atom is 0.408 e. The van der Waals surface area contributed by atoms with Crippen LogP contribution in [0.3, 0.4) is 0 Å². The molecule has 2 N–H and O–H groups in total. The Hall–Kier alpha value is -3.69. The molecule has 1 fully saturated rings. The molecule has 3 aromatic rings. The molecule has 2 aromatic heterocycles. The molecular weight excluding hydrogens is 470 g/mol. The van der Waals surface area contributed by atoms with Crippen LogP contribution in [0.4, 0.5) is 13.6 Å². The Morgan fingerprint density at radius 1 is 1.22 bits per heavy atom. The van der Waals surface area contributed by atoms with E-state index in [0.29, 0.717) is 24.2 Å². The van der Waals surface area contributed by atoms with E-state index in [0.717, 1.165) is 17.7 Å². The molecule has 36 heavy (non-hydrogen) atoms. The molecule has 0 bridgehead atoms. The zero-order valence-corrected chi connectivity index (χ0v) is 21.0. The summed E-state index contributed by atoms with van der Waals surface area (Å²) in [5.41, 5.74) is 0.342. The first-order valence-corrected chi connectivity index (χ1v) is 11.7. The van der Waals surface area contributed by atoms with Crippen LogP contribution in [0.1, 0.15) is 60.9 Å². The molecule has 4 rings (SSSR count). The van der Waals surface area contributed by atoms with Crippen molar-refractivity contribution in [3.63, 3.8) is 0 Å². The van der Waals surface area contributed by atoms with Gasteiger partial charge in [-0.2, -0.15) is 0 Å². The fourth-order valence-electron chi connectivity index (χ4n) is 4.71. The number of benzene rings is 1. The molecule has 1 aromatic carbocycles. The van der Waals surface area contributed by atoms with Gasteiger partial charge in [0.25, 0.3) is 5.91 Å². The number of aromatic nitrogens is 2. The fourth-order valence-corrected chi connectivity index (χ4v) is 4.71. The summed E-state index contributed by atoms with van der Waals surface area (Å²) < 4.78 is 35.4. The third-order valence-electron chi connectivity index (χ3n) is 6.39. The monoisotopic (exact) mass is 500 g/mol. The Morgan fingerprint density at radius 2 is 1.86 bits per heavy atom. The van der Waals surface area contributed by atoms with Gasteiger partial charge in [0.1, 0.15) is 23.9 Å². The highest BCUT2D eigenvalue weighted by Crippen LogP contribution is 2.45. The molecule has 1 aliphatic rings. The third kappa shape index (κ3) is 4.72. The number of hydrogen-bond acceptors (Lipinski definition) is 4. The number of ether oxygens (including phenoxy) is 1. The number of aryl methyl sites for hydroxylation is 2. The first kappa shape index (κ1) is 25.4. The second-order valence-corrected chi connectivity index (χ2v) is 10.3. The molecule has 0 atom stereocenters. The SMILES string of the molecule is Cc1cc(OCc2c(F)cccc2F)c2nc(C)c(C(=O)NCC3(N(C(=O)O)C(C)(C)C)CC3)n2c1. The van der Waals surface area contributed by atoms with Crippen molar-refractivity contribution in [2.75, 3.05) is 6.54 Å². The van der Waals surface area contributed by atoms with Crippen LogP contribution in [0.2, 0.25) is 0 Å². The highest BCUT2D eigenvalue weighted by atomic mass is 19.1. The van der Waals surface area contributed by atoms with Gasteiger partial charge in [0.15, 0.2) is 11.4 Å². The van der Waals surface area contributed by atoms with Crippen molar-refractivity contribution in [1.29, 1.82) is 0 Å². The van der Waals surface area contributed by atoms with E-state index in [1.54, 1.807) is 30.5 Å². The van der Waals surface area contributed by atoms with Crippen LogP contribution in [-0.2, 0) is 6.61 Å². The molecule has 1 aliphatic carbocycles. The van der Waals surface area contributed by atoms with E-state index in [1.807, 2.05) is 20.8 Å². The summed E-state index contributed by atoms with van der Waals surface area (Å²) in [7, 11) is 0. The number of imidazole rings is 1. The molecular formula is C26H30F2N4O4. The van der Waals surface area contributed by atoms with Crippen molar-refractivity contribution in [3.05, 3.63) is 64.6 Å². The van der Waals surface area contributed by atoms with Gasteiger partial charge in [-0.1, -0.05) is 6.07 Å². The minimum Gasteiger partial charge on any atom is -0.485 e. The Morgan fingerprint density at radius 3 is 2.42 bits per heavy atom. The van der Waals surface area contributed by atoms with Gasteiger partial charge in [0, 0.05) is 18.3 Å². The van der Waals surface area contributed by atoms with Crippen LogP contribution < -0.4 is 10.1 Å². The topological polar surface area (TPSA) is 96.2 Å². The molecule has 10 heteroatoms. The van der Waals surface area contributed by atoms with Crippen LogP contribution in [0.5, 0.6) is 5.75 Å².